The van der Waals surface area contributed by atoms with Crippen molar-refractivity contribution in [3.8, 4) is 0 Å². The molecule has 1 rings (SSSR count). The molecule has 17 heavy (non-hydrogen) atoms. The highest BCUT2D eigenvalue weighted by Gasteiger charge is 2.13. The van der Waals surface area contributed by atoms with Crippen LogP contribution >= 0.6 is 0 Å². The van der Waals surface area contributed by atoms with Crippen LogP contribution in [0.4, 0.5) is 0 Å². The predicted octanol–water partition coefficient (Wildman–Crippen LogP) is 2.76. The molecule has 3 nitrogen and oxygen atoms in total. The Balaban J connectivity index is 2.04. The number of unbranched alkanes of at least 4 members (excludes halogenated alkanes) is 5. The number of carbonyl (C=O) groups excluding carboxylic acids is 1. The number of nitrogens with zero attached hydrogens (tertiary/aromatic N) is 1. The molecule has 1 heterocycles. The van der Waals surface area contributed by atoms with Gasteiger partial charge in [-0.15, -0.1) is 0 Å². The summed E-state index contributed by atoms with van der Waals surface area (Å²) in [5, 5.41) is 0. The number of amides is 1. The van der Waals surface area contributed by atoms with E-state index in [0.717, 1.165) is 19.5 Å². The summed E-state index contributed by atoms with van der Waals surface area (Å²) in [4.78, 5) is 13.6. The number of morpholine rings is 1. The minimum absolute atomic E-state index is 0.141. The highest BCUT2D eigenvalue weighted by atomic mass is 16.5. The standard InChI is InChI=1S/C14H25NO2/c1-2-3-4-5-6-7-8-9-14(16)15-10-12-17-13-11-15/h8-9H,2-7,10-13H2,1H3/b9-8-. The monoisotopic (exact) mass is 239 g/mol. The smallest absolute Gasteiger partial charge is 0.246 e. The van der Waals surface area contributed by atoms with E-state index in [1.54, 1.807) is 6.08 Å². The molecule has 0 aromatic heterocycles. The van der Waals surface area contributed by atoms with Crippen LogP contribution < -0.4 is 0 Å². The molecule has 0 aliphatic carbocycles. The second-order valence-corrected chi connectivity index (χ2v) is 4.54. The summed E-state index contributed by atoms with van der Waals surface area (Å²) < 4.78 is 5.21. The van der Waals surface area contributed by atoms with E-state index in [0.29, 0.717) is 13.2 Å². The largest absolute Gasteiger partial charge is 0.378 e. The van der Waals surface area contributed by atoms with Crippen molar-refractivity contribution in [2.75, 3.05) is 26.3 Å². The molecule has 0 N–H and O–H groups in total. The number of rotatable bonds is 7. The van der Waals surface area contributed by atoms with Crippen LogP contribution in [0.25, 0.3) is 0 Å². The molecule has 1 fully saturated rings. The minimum Gasteiger partial charge on any atom is -0.378 e. The minimum atomic E-state index is 0.141. The molecule has 0 spiro atoms. The van der Waals surface area contributed by atoms with Crippen molar-refractivity contribution in [1.82, 2.24) is 4.90 Å². The summed E-state index contributed by atoms with van der Waals surface area (Å²) in [7, 11) is 0. The fraction of sp³-hybridized carbons (Fsp3) is 0.786. The van der Waals surface area contributed by atoms with E-state index in [1.807, 2.05) is 11.0 Å². The van der Waals surface area contributed by atoms with Crippen LogP contribution in [0.1, 0.15) is 45.4 Å². The number of carbonyl (C=O) groups is 1. The SMILES string of the molecule is CCCCCCC/C=C\C(=O)N1CCOCC1. The van der Waals surface area contributed by atoms with Crippen LogP contribution in [0.5, 0.6) is 0 Å². The molecule has 1 aliphatic heterocycles. The Bertz CT molecular complexity index is 232. The molecule has 0 bridgehead atoms. The molecule has 0 aromatic carbocycles. The van der Waals surface area contributed by atoms with Gasteiger partial charge in [0.1, 0.15) is 0 Å². The number of ether oxygens (including phenoxy) is 1. The molecular weight excluding hydrogens is 214 g/mol. The third-order valence-electron chi connectivity index (χ3n) is 3.06. The van der Waals surface area contributed by atoms with Crippen LogP contribution in [0.15, 0.2) is 12.2 Å². The van der Waals surface area contributed by atoms with Crippen LogP contribution in [0, 0.1) is 0 Å². The normalized spacial score (nSPS) is 16.6. The average Bonchev–Trinajstić information content (AvgIpc) is 2.38. The van der Waals surface area contributed by atoms with Gasteiger partial charge >= 0.3 is 0 Å². The number of allylic oxidation sites excluding steroid dienone is 1. The maximum Gasteiger partial charge on any atom is 0.246 e. The fourth-order valence-electron chi connectivity index (χ4n) is 1.94. The lowest BCUT2D eigenvalue weighted by atomic mass is 10.1. The molecule has 98 valence electrons. The first-order valence-electron chi connectivity index (χ1n) is 6.87. The number of hydrogen-bond acceptors (Lipinski definition) is 2. The van der Waals surface area contributed by atoms with E-state index in [2.05, 4.69) is 6.92 Å². The molecule has 0 atom stereocenters. The zero-order chi connectivity index (χ0) is 12.3. The first-order chi connectivity index (χ1) is 8.34. The van der Waals surface area contributed by atoms with Gasteiger partial charge in [0.15, 0.2) is 0 Å². The predicted molar refractivity (Wildman–Crippen MR) is 69.9 cm³/mol. The third-order valence-corrected chi connectivity index (χ3v) is 3.06. The van der Waals surface area contributed by atoms with Crippen LogP contribution in [-0.2, 0) is 9.53 Å². The first kappa shape index (κ1) is 14.2. The third kappa shape index (κ3) is 6.47. The summed E-state index contributed by atoms with van der Waals surface area (Å²) in [5.74, 6) is 0.141. The summed E-state index contributed by atoms with van der Waals surface area (Å²) >= 11 is 0. The summed E-state index contributed by atoms with van der Waals surface area (Å²) in [6.07, 6.45) is 11.2. The van der Waals surface area contributed by atoms with Crippen molar-refractivity contribution in [3.05, 3.63) is 12.2 Å². The van der Waals surface area contributed by atoms with Crippen LogP contribution in [-0.4, -0.2) is 37.1 Å². The zero-order valence-corrected chi connectivity index (χ0v) is 11.0. The lowest BCUT2D eigenvalue weighted by Crippen LogP contribution is -2.39. The lowest BCUT2D eigenvalue weighted by molar-refractivity contribution is -0.129. The van der Waals surface area contributed by atoms with Gasteiger partial charge < -0.3 is 9.64 Å². The lowest BCUT2D eigenvalue weighted by Gasteiger charge is -2.25. The number of hydrogen-bond donors (Lipinski definition) is 0. The maximum atomic E-state index is 11.7. The van der Waals surface area contributed by atoms with E-state index in [9.17, 15) is 4.79 Å². The van der Waals surface area contributed by atoms with Crippen molar-refractivity contribution < 1.29 is 9.53 Å². The molecule has 0 saturated carbocycles. The average molecular weight is 239 g/mol. The Morgan fingerprint density at radius 2 is 1.88 bits per heavy atom. The Morgan fingerprint density at radius 3 is 2.59 bits per heavy atom. The van der Waals surface area contributed by atoms with Crippen molar-refractivity contribution in [2.24, 2.45) is 0 Å². The van der Waals surface area contributed by atoms with Crippen molar-refractivity contribution in [2.45, 2.75) is 45.4 Å². The molecule has 1 saturated heterocycles. The molecule has 0 unspecified atom stereocenters. The van der Waals surface area contributed by atoms with Gasteiger partial charge in [0, 0.05) is 13.1 Å². The topological polar surface area (TPSA) is 29.5 Å². The zero-order valence-electron chi connectivity index (χ0n) is 11.0. The van der Waals surface area contributed by atoms with E-state index in [4.69, 9.17) is 4.74 Å². The van der Waals surface area contributed by atoms with Gasteiger partial charge in [-0.2, -0.15) is 0 Å². The van der Waals surface area contributed by atoms with Gasteiger partial charge in [0.05, 0.1) is 13.2 Å². The van der Waals surface area contributed by atoms with E-state index in [1.165, 1.54) is 32.1 Å². The Labute approximate surface area is 105 Å². The van der Waals surface area contributed by atoms with Gasteiger partial charge in [-0.3, -0.25) is 4.79 Å². The second-order valence-electron chi connectivity index (χ2n) is 4.54. The summed E-state index contributed by atoms with van der Waals surface area (Å²) in [6.45, 7) is 5.05. The van der Waals surface area contributed by atoms with Crippen molar-refractivity contribution >= 4 is 5.91 Å². The fourth-order valence-corrected chi connectivity index (χ4v) is 1.94. The van der Waals surface area contributed by atoms with E-state index < -0.39 is 0 Å². The highest BCUT2D eigenvalue weighted by Crippen LogP contribution is 2.06. The van der Waals surface area contributed by atoms with Gasteiger partial charge in [0.2, 0.25) is 5.91 Å². The van der Waals surface area contributed by atoms with Gasteiger partial charge in [-0.25, -0.2) is 0 Å². The molecule has 1 amide bonds. The summed E-state index contributed by atoms with van der Waals surface area (Å²) in [6, 6.07) is 0. The quantitative estimate of drug-likeness (QED) is 0.505. The van der Waals surface area contributed by atoms with E-state index in [-0.39, 0.29) is 5.91 Å². The van der Waals surface area contributed by atoms with Gasteiger partial charge in [-0.05, 0) is 18.9 Å². The van der Waals surface area contributed by atoms with Gasteiger partial charge in [0.25, 0.3) is 0 Å². The van der Waals surface area contributed by atoms with E-state index >= 15 is 0 Å². The molecule has 0 aromatic rings. The van der Waals surface area contributed by atoms with Crippen molar-refractivity contribution in [1.29, 1.82) is 0 Å². The molecule has 0 radical (unpaired) electrons. The molecular formula is C14H25NO2. The second kappa shape index (κ2) is 9.23. The van der Waals surface area contributed by atoms with Crippen LogP contribution in [0.2, 0.25) is 0 Å². The van der Waals surface area contributed by atoms with Crippen molar-refractivity contribution in [3.63, 3.8) is 0 Å². The maximum absolute atomic E-state index is 11.7. The summed E-state index contributed by atoms with van der Waals surface area (Å²) in [5.41, 5.74) is 0. The Kier molecular flexibility index (Phi) is 7.72. The molecule has 3 heteroatoms. The van der Waals surface area contributed by atoms with Crippen LogP contribution in [0.3, 0.4) is 0 Å². The Morgan fingerprint density at radius 1 is 1.18 bits per heavy atom. The Hall–Kier alpha value is -0.830. The van der Waals surface area contributed by atoms with Gasteiger partial charge in [-0.1, -0.05) is 38.7 Å². The highest BCUT2D eigenvalue weighted by molar-refractivity contribution is 5.87. The molecule has 1 aliphatic rings. The first-order valence-corrected chi connectivity index (χ1v) is 6.87.